The average molecular weight is 324 g/mol. The molecule has 1 fully saturated rings. The van der Waals surface area contributed by atoms with E-state index in [9.17, 15) is 13.2 Å². The number of thiophene rings is 1. The van der Waals surface area contributed by atoms with Crippen molar-refractivity contribution < 1.29 is 17.9 Å². The van der Waals surface area contributed by atoms with Gasteiger partial charge in [0.05, 0.1) is 11.7 Å². The van der Waals surface area contributed by atoms with Crippen LogP contribution in [0.25, 0.3) is 0 Å². The van der Waals surface area contributed by atoms with E-state index in [-0.39, 0.29) is 16.2 Å². The molecule has 0 spiro atoms. The van der Waals surface area contributed by atoms with Crippen molar-refractivity contribution in [2.45, 2.75) is 29.6 Å². The SMILES string of the molecule is O=C(NCC1CCCCO1)c1csc(S(=O)(=O)Cl)c1. The van der Waals surface area contributed by atoms with Crippen LogP contribution in [0, 0.1) is 0 Å². The van der Waals surface area contributed by atoms with Gasteiger partial charge >= 0.3 is 0 Å². The van der Waals surface area contributed by atoms with Gasteiger partial charge in [0, 0.05) is 29.2 Å². The van der Waals surface area contributed by atoms with Crippen LogP contribution in [-0.4, -0.2) is 33.6 Å². The molecule has 0 aromatic carbocycles. The summed E-state index contributed by atoms with van der Waals surface area (Å²) in [6, 6.07) is 1.28. The quantitative estimate of drug-likeness (QED) is 0.860. The first-order chi connectivity index (χ1) is 8.97. The van der Waals surface area contributed by atoms with Gasteiger partial charge in [-0.1, -0.05) is 0 Å². The van der Waals surface area contributed by atoms with Crippen molar-refractivity contribution in [1.82, 2.24) is 5.32 Å². The van der Waals surface area contributed by atoms with Crippen LogP contribution in [-0.2, 0) is 13.8 Å². The van der Waals surface area contributed by atoms with E-state index in [0.717, 1.165) is 37.2 Å². The molecule has 1 N–H and O–H groups in total. The van der Waals surface area contributed by atoms with Crippen molar-refractivity contribution in [3.8, 4) is 0 Å². The number of ether oxygens (including phenoxy) is 1. The van der Waals surface area contributed by atoms with Gasteiger partial charge in [-0.05, 0) is 25.3 Å². The summed E-state index contributed by atoms with van der Waals surface area (Å²) in [5.74, 6) is -0.308. The average Bonchev–Trinajstić information content (AvgIpc) is 2.87. The molecule has 1 aliphatic rings. The zero-order valence-electron chi connectivity index (χ0n) is 10.1. The number of hydrogen-bond acceptors (Lipinski definition) is 5. The molecule has 2 heterocycles. The number of nitrogens with one attached hydrogen (secondary N) is 1. The molecule has 1 saturated heterocycles. The Kier molecular flexibility index (Phi) is 4.83. The van der Waals surface area contributed by atoms with Gasteiger partial charge in [-0.15, -0.1) is 11.3 Å². The van der Waals surface area contributed by atoms with Crippen LogP contribution < -0.4 is 5.32 Å². The van der Waals surface area contributed by atoms with Crippen molar-refractivity contribution in [3.05, 3.63) is 17.0 Å². The zero-order chi connectivity index (χ0) is 13.9. The molecule has 0 radical (unpaired) electrons. The maximum atomic E-state index is 11.8. The van der Waals surface area contributed by atoms with E-state index in [1.807, 2.05) is 0 Å². The van der Waals surface area contributed by atoms with E-state index in [1.165, 1.54) is 11.4 Å². The third kappa shape index (κ3) is 4.17. The van der Waals surface area contributed by atoms with E-state index in [1.54, 1.807) is 0 Å². The first kappa shape index (κ1) is 14.8. The molecule has 19 heavy (non-hydrogen) atoms. The molecule has 1 unspecified atom stereocenters. The summed E-state index contributed by atoms with van der Waals surface area (Å²) in [5.41, 5.74) is 0.306. The van der Waals surface area contributed by atoms with Crippen LogP contribution in [0.1, 0.15) is 29.6 Å². The van der Waals surface area contributed by atoms with Gasteiger partial charge < -0.3 is 10.1 Å². The Bertz CT molecular complexity index is 549. The summed E-state index contributed by atoms with van der Waals surface area (Å²) in [7, 11) is 1.44. The second-order valence-corrected chi connectivity index (χ2v) is 7.99. The van der Waals surface area contributed by atoms with Gasteiger partial charge in [-0.3, -0.25) is 4.79 Å². The highest BCUT2D eigenvalue weighted by Gasteiger charge is 2.18. The lowest BCUT2D eigenvalue weighted by Crippen LogP contribution is -2.35. The molecule has 2 rings (SSSR count). The summed E-state index contributed by atoms with van der Waals surface area (Å²) in [6.07, 6.45) is 3.15. The zero-order valence-corrected chi connectivity index (χ0v) is 12.5. The lowest BCUT2D eigenvalue weighted by molar-refractivity contribution is 0.0169. The Balaban J connectivity index is 1.91. The second-order valence-electron chi connectivity index (χ2n) is 4.29. The van der Waals surface area contributed by atoms with Gasteiger partial charge in [0.25, 0.3) is 15.0 Å². The molecule has 1 amide bonds. The predicted octanol–water partition coefficient (Wildman–Crippen LogP) is 1.97. The molecule has 5 nitrogen and oxygen atoms in total. The van der Waals surface area contributed by atoms with Crippen molar-refractivity contribution in [1.29, 1.82) is 0 Å². The van der Waals surface area contributed by atoms with Crippen LogP contribution >= 0.6 is 22.0 Å². The first-order valence-corrected chi connectivity index (χ1v) is 9.09. The molecule has 0 saturated carbocycles. The molecule has 1 aliphatic heterocycles. The second kappa shape index (κ2) is 6.21. The third-order valence-corrected chi connectivity index (χ3v) is 5.88. The predicted molar refractivity (Wildman–Crippen MR) is 73.3 cm³/mol. The Morgan fingerprint density at radius 2 is 2.32 bits per heavy atom. The molecule has 0 bridgehead atoms. The number of amides is 1. The smallest absolute Gasteiger partial charge is 0.270 e. The van der Waals surface area contributed by atoms with Crippen LogP contribution in [0.4, 0.5) is 0 Å². The van der Waals surface area contributed by atoms with E-state index < -0.39 is 9.05 Å². The minimum absolute atomic E-state index is 0.0202. The van der Waals surface area contributed by atoms with Gasteiger partial charge in [-0.2, -0.15) is 0 Å². The van der Waals surface area contributed by atoms with Crippen molar-refractivity contribution in [3.63, 3.8) is 0 Å². The summed E-state index contributed by atoms with van der Waals surface area (Å²) < 4.78 is 27.7. The van der Waals surface area contributed by atoms with E-state index in [2.05, 4.69) is 5.32 Å². The molecular weight excluding hydrogens is 310 g/mol. The fourth-order valence-corrected chi connectivity index (χ4v) is 3.79. The minimum Gasteiger partial charge on any atom is -0.376 e. The minimum atomic E-state index is -3.76. The van der Waals surface area contributed by atoms with Crippen molar-refractivity contribution in [2.75, 3.05) is 13.2 Å². The Morgan fingerprint density at radius 3 is 2.89 bits per heavy atom. The van der Waals surface area contributed by atoms with Crippen LogP contribution in [0.2, 0.25) is 0 Å². The maximum absolute atomic E-state index is 11.8. The Labute approximate surface area is 120 Å². The molecule has 106 valence electrons. The van der Waals surface area contributed by atoms with Crippen LogP contribution in [0.3, 0.4) is 0 Å². The molecule has 1 aromatic heterocycles. The summed E-state index contributed by atoms with van der Waals surface area (Å²) >= 11 is 0.934. The number of halogens is 1. The molecule has 1 aromatic rings. The molecule has 8 heteroatoms. The van der Waals surface area contributed by atoms with Gasteiger partial charge in [0.1, 0.15) is 4.21 Å². The fourth-order valence-electron chi connectivity index (χ4n) is 1.84. The van der Waals surface area contributed by atoms with Gasteiger partial charge in [-0.25, -0.2) is 8.42 Å². The van der Waals surface area contributed by atoms with Crippen molar-refractivity contribution >= 4 is 37.0 Å². The van der Waals surface area contributed by atoms with E-state index in [0.29, 0.717) is 12.1 Å². The largest absolute Gasteiger partial charge is 0.376 e. The van der Waals surface area contributed by atoms with E-state index >= 15 is 0 Å². The van der Waals surface area contributed by atoms with Gasteiger partial charge in [0.2, 0.25) is 0 Å². The van der Waals surface area contributed by atoms with Gasteiger partial charge in [0.15, 0.2) is 0 Å². The number of carbonyl (C=O) groups is 1. The monoisotopic (exact) mass is 323 g/mol. The topological polar surface area (TPSA) is 72.5 Å². The standard InChI is InChI=1S/C11H14ClNO4S2/c12-19(15,16)10-5-8(7-18-10)11(14)13-6-9-3-1-2-4-17-9/h5,7,9H,1-4,6H2,(H,13,14). The molecule has 1 atom stereocenters. The van der Waals surface area contributed by atoms with Crippen LogP contribution in [0.15, 0.2) is 15.7 Å². The Morgan fingerprint density at radius 1 is 1.53 bits per heavy atom. The Hall–Kier alpha value is -0.630. The lowest BCUT2D eigenvalue weighted by Gasteiger charge is -2.22. The highest BCUT2D eigenvalue weighted by Crippen LogP contribution is 2.23. The normalized spacial score (nSPS) is 20.2. The highest BCUT2D eigenvalue weighted by atomic mass is 35.7. The molecule has 0 aliphatic carbocycles. The third-order valence-electron chi connectivity index (χ3n) is 2.84. The number of carbonyl (C=O) groups excluding carboxylic acids is 1. The number of rotatable bonds is 4. The molecular formula is C11H14ClNO4S2. The van der Waals surface area contributed by atoms with Crippen LogP contribution in [0.5, 0.6) is 0 Å². The summed E-state index contributed by atoms with van der Waals surface area (Å²) in [6.45, 7) is 1.17. The number of hydrogen-bond donors (Lipinski definition) is 1. The maximum Gasteiger partial charge on any atom is 0.270 e. The summed E-state index contributed by atoms with van der Waals surface area (Å²) in [4.78, 5) is 11.8. The summed E-state index contributed by atoms with van der Waals surface area (Å²) in [5, 5.41) is 4.22. The van der Waals surface area contributed by atoms with E-state index in [4.69, 9.17) is 15.4 Å². The highest BCUT2D eigenvalue weighted by molar-refractivity contribution is 8.15. The fraction of sp³-hybridized carbons (Fsp3) is 0.545. The first-order valence-electron chi connectivity index (χ1n) is 5.90. The lowest BCUT2D eigenvalue weighted by atomic mass is 10.1. The van der Waals surface area contributed by atoms with Crippen molar-refractivity contribution in [2.24, 2.45) is 0 Å².